The van der Waals surface area contributed by atoms with Crippen molar-refractivity contribution in [2.24, 2.45) is 5.73 Å². The molecule has 0 radical (unpaired) electrons. The van der Waals surface area contributed by atoms with Crippen molar-refractivity contribution < 1.29 is 9.53 Å². The Bertz CT molecular complexity index is 413. The van der Waals surface area contributed by atoms with Crippen LogP contribution in [0.3, 0.4) is 0 Å². The maximum Gasteiger partial charge on any atom is 0.336 e. The number of nitrogens with one attached hydrogen (secondary N) is 1. The average Bonchev–Trinajstić information content (AvgIpc) is 2.18. The number of para-hydroxylation sites is 1. The summed E-state index contributed by atoms with van der Waals surface area (Å²) in [4.78, 5) is 11.6. The molecule has 0 spiro atoms. The molecule has 3 N–H and O–H groups in total. The highest BCUT2D eigenvalue weighted by molar-refractivity contribution is 5.90. The molecule has 4 heteroatoms. The van der Waals surface area contributed by atoms with Gasteiger partial charge in [-0.1, -0.05) is 12.1 Å². The smallest absolute Gasteiger partial charge is 0.336 e. The monoisotopic (exact) mass is 206 g/mol. The molecule has 1 aliphatic heterocycles. The van der Waals surface area contributed by atoms with Crippen LogP contribution in [0.15, 0.2) is 18.2 Å². The fourth-order valence-electron chi connectivity index (χ4n) is 1.56. The number of esters is 1. The van der Waals surface area contributed by atoms with Crippen molar-refractivity contribution in [3.05, 3.63) is 23.8 Å². The van der Waals surface area contributed by atoms with Crippen molar-refractivity contribution in [3.8, 4) is 5.75 Å². The van der Waals surface area contributed by atoms with Gasteiger partial charge in [0.15, 0.2) is 5.75 Å². The lowest BCUT2D eigenvalue weighted by molar-refractivity contribution is -0.139. The first-order chi connectivity index (χ1) is 7.04. The van der Waals surface area contributed by atoms with Gasteiger partial charge < -0.3 is 15.8 Å². The summed E-state index contributed by atoms with van der Waals surface area (Å²) in [5.74, 6) is 0.284. The average molecular weight is 206 g/mol. The Morgan fingerprint density at radius 2 is 2.20 bits per heavy atom. The molecule has 0 amide bonds. The highest BCUT2D eigenvalue weighted by Crippen LogP contribution is 2.35. The Labute approximate surface area is 88.4 Å². The molecule has 0 bridgehead atoms. The van der Waals surface area contributed by atoms with E-state index < -0.39 is 5.54 Å². The zero-order valence-electron chi connectivity index (χ0n) is 8.83. The molecular weight excluding hydrogens is 192 g/mol. The lowest BCUT2D eigenvalue weighted by Crippen LogP contribution is -2.46. The Hall–Kier alpha value is -1.55. The molecular formula is C11H14N2O2. The Balaban J connectivity index is 2.50. The van der Waals surface area contributed by atoms with E-state index in [4.69, 9.17) is 10.5 Å². The van der Waals surface area contributed by atoms with Gasteiger partial charge in [0.2, 0.25) is 0 Å². The first kappa shape index (κ1) is 9.98. The number of carbonyl (C=O) groups excluding carboxylic acids is 1. The topological polar surface area (TPSA) is 64.3 Å². The number of nitrogens with two attached hydrogens (primary N) is 1. The van der Waals surface area contributed by atoms with Gasteiger partial charge in [-0.2, -0.15) is 0 Å². The zero-order chi connectivity index (χ0) is 11.1. The molecule has 15 heavy (non-hydrogen) atoms. The third-order valence-electron chi connectivity index (χ3n) is 2.48. The van der Waals surface area contributed by atoms with Crippen molar-refractivity contribution in [2.45, 2.75) is 25.9 Å². The number of hydrogen-bond acceptors (Lipinski definition) is 4. The van der Waals surface area contributed by atoms with Crippen LogP contribution in [0.4, 0.5) is 5.69 Å². The van der Waals surface area contributed by atoms with E-state index in [1.165, 1.54) is 0 Å². The normalized spacial score (nSPS) is 17.7. The molecule has 1 aromatic rings. The standard InChI is InChI=1S/C11H14N2O2/c1-11(2)10(14)15-8-5-3-4-7(6-12)9(8)13-11/h3-5,13H,6,12H2,1-2H3. The molecule has 1 heterocycles. The van der Waals surface area contributed by atoms with E-state index in [0.717, 1.165) is 11.3 Å². The highest BCUT2D eigenvalue weighted by atomic mass is 16.5. The molecule has 1 aliphatic rings. The minimum atomic E-state index is -0.696. The lowest BCUT2D eigenvalue weighted by atomic mass is 10.0. The fraction of sp³-hybridized carbons (Fsp3) is 0.364. The van der Waals surface area contributed by atoms with Gasteiger partial charge in [-0.15, -0.1) is 0 Å². The van der Waals surface area contributed by atoms with E-state index >= 15 is 0 Å². The fourth-order valence-corrected chi connectivity index (χ4v) is 1.56. The molecule has 0 saturated heterocycles. The van der Waals surface area contributed by atoms with Gasteiger partial charge in [0.25, 0.3) is 0 Å². The summed E-state index contributed by atoms with van der Waals surface area (Å²) in [6.07, 6.45) is 0. The molecule has 0 aliphatic carbocycles. The Morgan fingerprint density at radius 3 is 2.87 bits per heavy atom. The third kappa shape index (κ3) is 1.57. The van der Waals surface area contributed by atoms with Gasteiger partial charge in [0, 0.05) is 6.54 Å². The van der Waals surface area contributed by atoms with Gasteiger partial charge in [-0.05, 0) is 25.5 Å². The minimum absolute atomic E-state index is 0.274. The summed E-state index contributed by atoms with van der Waals surface area (Å²) in [6.45, 7) is 3.99. The van der Waals surface area contributed by atoms with Gasteiger partial charge in [0.05, 0.1) is 5.69 Å². The zero-order valence-corrected chi connectivity index (χ0v) is 8.83. The number of fused-ring (bicyclic) bond motifs is 1. The van der Waals surface area contributed by atoms with E-state index in [1.807, 2.05) is 12.1 Å². The number of anilines is 1. The molecule has 0 unspecified atom stereocenters. The molecule has 1 aromatic carbocycles. The van der Waals surface area contributed by atoms with Gasteiger partial charge in [-0.3, -0.25) is 0 Å². The van der Waals surface area contributed by atoms with Crippen molar-refractivity contribution in [1.82, 2.24) is 0 Å². The lowest BCUT2D eigenvalue weighted by Gasteiger charge is -2.32. The largest absolute Gasteiger partial charge is 0.423 e. The van der Waals surface area contributed by atoms with Crippen LogP contribution in [0.5, 0.6) is 5.75 Å². The summed E-state index contributed by atoms with van der Waals surface area (Å²) in [7, 11) is 0. The second-order valence-electron chi connectivity index (χ2n) is 4.13. The van der Waals surface area contributed by atoms with Crippen molar-refractivity contribution >= 4 is 11.7 Å². The van der Waals surface area contributed by atoms with Crippen LogP contribution in [0, 0.1) is 0 Å². The van der Waals surface area contributed by atoms with Gasteiger partial charge in [0.1, 0.15) is 5.54 Å². The summed E-state index contributed by atoms with van der Waals surface area (Å²) < 4.78 is 5.23. The molecule has 0 fully saturated rings. The van der Waals surface area contributed by atoms with Crippen molar-refractivity contribution in [2.75, 3.05) is 5.32 Å². The van der Waals surface area contributed by atoms with Crippen LogP contribution in [0.2, 0.25) is 0 Å². The third-order valence-corrected chi connectivity index (χ3v) is 2.48. The Kier molecular flexibility index (Phi) is 2.16. The van der Waals surface area contributed by atoms with Crippen LogP contribution in [0.25, 0.3) is 0 Å². The van der Waals surface area contributed by atoms with E-state index in [-0.39, 0.29) is 5.97 Å². The molecule has 0 saturated carbocycles. The number of rotatable bonds is 1. The molecule has 2 rings (SSSR count). The second-order valence-corrected chi connectivity index (χ2v) is 4.13. The van der Waals surface area contributed by atoms with Crippen molar-refractivity contribution in [1.29, 1.82) is 0 Å². The van der Waals surface area contributed by atoms with Crippen LogP contribution >= 0.6 is 0 Å². The molecule has 0 atom stereocenters. The Morgan fingerprint density at radius 1 is 1.47 bits per heavy atom. The van der Waals surface area contributed by atoms with E-state index in [2.05, 4.69) is 5.32 Å². The number of hydrogen-bond donors (Lipinski definition) is 2. The van der Waals surface area contributed by atoms with E-state index in [9.17, 15) is 4.79 Å². The van der Waals surface area contributed by atoms with E-state index in [1.54, 1.807) is 19.9 Å². The maximum absolute atomic E-state index is 11.6. The predicted molar refractivity (Wildman–Crippen MR) is 57.7 cm³/mol. The molecule has 80 valence electrons. The quantitative estimate of drug-likeness (QED) is 0.536. The SMILES string of the molecule is CC1(C)Nc2c(CN)cccc2OC1=O. The first-order valence-corrected chi connectivity index (χ1v) is 4.87. The first-order valence-electron chi connectivity index (χ1n) is 4.87. The van der Waals surface area contributed by atoms with Gasteiger partial charge in [-0.25, -0.2) is 4.79 Å². The number of benzene rings is 1. The number of ether oxygens (including phenoxy) is 1. The van der Waals surface area contributed by atoms with Crippen LogP contribution in [-0.2, 0) is 11.3 Å². The number of carbonyl (C=O) groups is 1. The predicted octanol–water partition coefficient (Wildman–Crippen LogP) is 1.25. The van der Waals surface area contributed by atoms with Gasteiger partial charge >= 0.3 is 5.97 Å². The van der Waals surface area contributed by atoms with Crippen LogP contribution in [-0.4, -0.2) is 11.5 Å². The summed E-state index contributed by atoms with van der Waals surface area (Å²) in [5, 5.41) is 3.15. The summed E-state index contributed by atoms with van der Waals surface area (Å²) in [5.41, 5.74) is 6.70. The van der Waals surface area contributed by atoms with Crippen LogP contribution in [0.1, 0.15) is 19.4 Å². The minimum Gasteiger partial charge on any atom is -0.423 e. The summed E-state index contributed by atoms with van der Waals surface area (Å²) in [6, 6.07) is 5.50. The van der Waals surface area contributed by atoms with Crippen LogP contribution < -0.4 is 15.8 Å². The van der Waals surface area contributed by atoms with Crippen molar-refractivity contribution in [3.63, 3.8) is 0 Å². The highest BCUT2D eigenvalue weighted by Gasteiger charge is 2.35. The second kappa shape index (κ2) is 3.24. The maximum atomic E-state index is 11.6. The molecule has 0 aromatic heterocycles. The summed E-state index contributed by atoms with van der Waals surface area (Å²) >= 11 is 0. The molecule has 4 nitrogen and oxygen atoms in total. The van der Waals surface area contributed by atoms with E-state index in [0.29, 0.717) is 12.3 Å².